The molecule has 1 heterocycles. The van der Waals surface area contributed by atoms with Crippen molar-refractivity contribution in [2.24, 2.45) is 5.73 Å². The molecule has 1 aromatic heterocycles. The van der Waals surface area contributed by atoms with E-state index in [4.69, 9.17) is 10.5 Å². The van der Waals surface area contributed by atoms with E-state index in [1.165, 1.54) is 32.4 Å². The summed E-state index contributed by atoms with van der Waals surface area (Å²) in [6, 6.07) is 15.0. The largest absolute Gasteiger partial charge is 0.489 e. The first-order valence-electron chi connectivity index (χ1n) is 9.54. The predicted octanol–water partition coefficient (Wildman–Crippen LogP) is 1.99. The van der Waals surface area contributed by atoms with Crippen LogP contribution in [0.15, 0.2) is 54.7 Å². The van der Waals surface area contributed by atoms with Gasteiger partial charge in [-0.05, 0) is 30.3 Å². The average Bonchev–Trinajstić information content (AvgIpc) is 2.78. The SMILES string of the molecule is CN(C)S(=O)(=O)Nc1ccc(COc2cccc(Nc3nccc(C(N)=O)n3)c2)c(C#N)c1. The maximum atomic E-state index is 12.0. The number of nitrogens with one attached hydrogen (secondary N) is 2. The molecular formula is C21H21N7O4S. The number of nitrogens with two attached hydrogens (primary N) is 1. The Morgan fingerprint density at radius 1 is 1.18 bits per heavy atom. The molecule has 170 valence electrons. The third kappa shape index (κ3) is 6.16. The minimum atomic E-state index is -3.68. The van der Waals surface area contributed by atoms with E-state index in [0.29, 0.717) is 17.0 Å². The number of hydrogen-bond acceptors (Lipinski definition) is 8. The first-order valence-corrected chi connectivity index (χ1v) is 11.0. The average molecular weight is 468 g/mol. The Hall–Kier alpha value is -4.21. The van der Waals surface area contributed by atoms with Gasteiger partial charge < -0.3 is 15.8 Å². The van der Waals surface area contributed by atoms with Gasteiger partial charge >= 0.3 is 10.2 Å². The van der Waals surface area contributed by atoms with Crippen molar-refractivity contribution >= 4 is 33.4 Å². The van der Waals surface area contributed by atoms with Crippen molar-refractivity contribution in [2.75, 3.05) is 24.1 Å². The van der Waals surface area contributed by atoms with E-state index in [1.54, 1.807) is 36.4 Å². The minimum absolute atomic E-state index is 0.0836. The van der Waals surface area contributed by atoms with Crippen LogP contribution < -0.4 is 20.5 Å². The molecule has 0 saturated heterocycles. The summed E-state index contributed by atoms with van der Waals surface area (Å²) in [6.45, 7) is 0.0840. The molecule has 0 aliphatic rings. The molecule has 2 aromatic carbocycles. The van der Waals surface area contributed by atoms with Crippen LogP contribution in [0, 0.1) is 11.3 Å². The number of nitriles is 1. The van der Waals surface area contributed by atoms with Gasteiger partial charge in [0, 0.05) is 37.6 Å². The lowest BCUT2D eigenvalue weighted by atomic mass is 10.1. The molecule has 12 heteroatoms. The highest BCUT2D eigenvalue weighted by molar-refractivity contribution is 7.90. The second-order valence-electron chi connectivity index (χ2n) is 6.94. The van der Waals surface area contributed by atoms with Crippen molar-refractivity contribution in [3.63, 3.8) is 0 Å². The number of carbonyl (C=O) groups is 1. The number of ether oxygens (including phenoxy) is 1. The summed E-state index contributed by atoms with van der Waals surface area (Å²) in [5.74, 6) is 0.0460. The Kier molecular flexibility index (Phi) is 7.07. The normalized spacial score (nSPS) is 11.0. The van der Waals surface area contributed by atoms with Crippen LogP contribution in [0.25, 0.3) is 0 Å². The van der Waals surface area contributed by atoms with E-state index in [2.05, 4.69) is 26.1 Å². The van der Waals surface area contributed by atoms with Crippen LogP contribution in [0.4, 0.5) is 17.3 Å². The molecule has 33 heavy (non-hydrogen) atoms. The Labute approximate surface area is 191 Å². The molecule has 0 bridgehead atoms. The van der Waals surface area contributed by atoms with Crippen molar-refractivity contribution in [1.29, 1.82) is 5.26 Å². The number of rotatable bonds is 9. The Morgan fingerprint density at radius 2 is 1.97 bits per heavy atom. The van der Waals surface area contributed by atoms with E-state index < -0.39 is 16.1 Å². The Balaban J connectivity index is 1.71. The van der Waals surface area contributed by atoms with Gasteiger partial charge in [-0.1, -0.05) is 12.1 Å². The highest BCUT2D eigenvalue weighted by atomic mass is 32.2. The van der Waals surface area contributed by atoms with Gasteiger partial charge in [-0.25, -0.2) is 9.97 Å². The van der Waals surface area contributed by atoms with Gasteiger partial charge in [0.2, 0.25) is 5.95 Å². The standard InChI is InChI=1S/C21H21N7O4S/c1-28(2)33(30,31)27-17-7-6-14(15(10-17)12-22)13-32-18-5-3-4-16(11-18)25-21-24-9-8-19(26-21)20(23)29/h3-11,27H,13H2,1-2H3,(H2,23,29)(H,24,25,26). The number of aromatic nitrogens is 2. The molecule has 3 aromatic rings. The van der Waals surface area contributed by atoms with Crippen molar-refractivity contribution < 1.29 is 17.9 Å². The molecule has 4 N–H and O–H groups in total. The van der Waals surface area contributed by atoms with Crippen LogP contribution in [0.2, 0.25) is 0 Å². The first kappa shape index (κ1) is 23.5. The van der Waals surface area contributed by atoms with E-state index in [9.17, 15) is 18.5 Å². The van der Waals surface area contributed by atoms with Crippen molar-refractivity contribution in [3.8, 4) is 11.8 Å². The van der Waals surface area contributed by atoms with Gasteiger partial charge in [-0.2, -0.15) is 18.0 Å². The number of primary amides is 1. The topological polar surface area (TPSA) is 163 Å². The van der Waals surface area contributed by atoms with E-state index >= 15 is 0 Å². The summed E-state index contributed by atoms with van der Waals surface area (Å²) in [5.41, 5.74) is 7.07. The quantitative estimate of drug-likeness (QED) is 0.430. The zero-order chi connectivity index (χ0) is 24.0. The molecule has 0 aliphatic heterocycles. The van der Waals surface area contributed by atoms with Crippen LogP contribution in [0.3, 0.4) is 0 Å². The fraction of sp³-hybridized carbons (Fsp3) is 0.143. The lowest BCUT2D eigenvalue weighted by Gasteiger charge is -2.14. The number of carbonyl (C=O) groups excluding carboxylic acids is 1. The molecule has 0 spiro atoms. The molecule has 0 fully saturated rings. The molecule has 11 nitrogen and oxygen atoms in total. The Morgan fingerprint density at radius 3 is 2.67 bits per heavy atom. The third-order valence-electron chi connectivity index (χ3n) is 4.35. The number of amides is 1. The van der Waals surface area contributed by atoms with Gasteiger partial charge in [0.15, 0.2) is 0 Å². The fourth-order valence-electron chi connectivity index (χ4n) is 2.62. The molecular weight excluding hydrogens is 446 g/mol. The van der Waals surface area contributed by atoms with E-state index in [-0.39, 0.29) is 29.5 Å². The zero-order valence-corrected chi connectivity index (χ0v) is 18.6. The summed E-state index contributed by atoms with van der Waals surface area (Å²) < 4.78 is 33.2. The lowest BCUT2D eigenvalue weighted by Crippen LogP contribution is -2.28. The maximum absolute atomic E-state index is 12.0. The summed E-state index contributed by atoms with van der Waals surface area (Å²) >= 11 is 0. The van der Waals surface area contributed by atoms with Crippen molar-refractivity contribution in [3.05, 3.63) is 71.5 Å². The van der Waals surface area contributed by atoms with Gasteiger partial charge in [0.25, 0.3) is 5.91 Å². The summed E-state index contributed by atoms with van der Waals surface area (Å²) in [6.07, 6.45) is 1.42. The molecule has 0 saturated carbocycles. The molecule has 0 unspecified atom stereocenters. The van der Waals surface area contributed by atoms with Crippen LogP contribution in [0.5, 0.6) is 5.75 Å². The predicted molar refractivity (Wildman–Crippen MR) is 122 cm³/mol. The van der Waals surface area contributed by atoms with Crippen LogP contribution in [0.1, 0.15) is 21.6 Å². The number of benzene rings is 2. The van der Waals surface area contributed by atoms with Crippen molar-refractivity contribution in [1.82, 2.24) is 14.3 Å². The number of nitrogens with zero attached hydrogens (tertiary/aromatic N) is 4. The first-order chi connectivity index (χ1) is 15.7. The van der Waals surface area contributed by atoms with E-state index in [0.717, 1.165) is 4.31 Å². The summed E-state index contributed by atoms with van der Waals surface area (Å²) in [7, 11) is -0.878. The second-order valence-corrected chi connectivity index (χ2v) is 8.83. The van der Waals surface area contributed by atoms with Crippen LogP contribution in [-0.4, -0.2) is 42.7 Å². The number of hydrogen-bond donors (Lipinski definition) is 3. The minimum Gasteiger partial charge on any atom is -0.489 e. The molecule has 1 amide bonds. The lowest BCUT2D eigenvalue weighted by molar-refractivity contribution is 0.0995. The second kappa shape index (κ2) is 9.94. The maximum Gasteiger partial charge on any atom is 0.301 e. The highest BCUT2D eigenvalue weighted by Gasteiger charge is 2.14. The number of anilines is 3. The zero-order valence-electron chi connectivity index (χ0n) is 17.8. The smallest absolute Gasteiger partial charge is 0.301 e. The highest BCUT2D eigenvalue weighted by Crippen LogP contribution is 2.23. The van der Waals surface area contributed by atoms with Crippen molar-refractivity contribution in [2.45, 2.75) is 6.61 Å². The Bertz CT molecular complexity index is 1320. The monoisotopic (exact) mass is 467 g/mol. The molecule has 3 rings (SSSR count). The van der Waals surface area contributed by atoms with Crippen LogP contribution in [-0.2, 0) is 16.8 Å². The van der Waals surface area contributed by atoms with Crippen LogP contribution >= 0.6 is 0 Å². The van der Waals surface area contributed by atoms with Gasteiger partial charge in [0.1, 0.15) is 18.1 Å². The summed E-state index contributed by atoms with van der Waals surface area (Å²) in [5, 5.41) is 12.4. The van der Waals surface area contributed by atoms with Gasteiger partial charge in [-0.15, -0.1) is 0 Å². The van der Waals surface area contributed by atoms with Gasteiger partial charge in [-0.3, -0.25) is 9.52 Å². The molecule has 0 radical (unpaired) electrons. The van der Waals surface area contributed by atoms with Gasteiger partial charge in [0.05, 0.1) is 17.3 Å². The van der Waals surface area contributed by atoms with E-state index in [1.807, 2.05) is 0 Å². The molecule has 0 atom stereocenters. The third-order valence-corrected chi connectivity index (χ3v) is 5.81. The summed E-state index contributed by atoms with van der Waals surface area (Å²) in [4.78, 5) is 19.4. The fourth-order valence-corrected chi connectivity index (χ4v) is 3.23. The molecule has 0 aliphatic carbocycles.